The second kappa shape index (κ2) is 4.93. The smallest absolute Gasteiger partial charge is 0.254 e. The number of hydrogen-bond donors (Lipinski definition) is 1. The van der Waals surface area contributed by atoms with E-state index in [1.807, 2.05) is 12.1 Å². The summed E-state index contributed by atoms with van der Waals surface area (Å²) in [7, 11) is 0. The highest BCUT2D eigenvalue weighted by atomic mass is 16.1. The fraction of sp³-hybridized carbons (Fsp3) is 0.357. The van der Waals surface area contributed by atoms with Gasteiger partial charge in [0.1, 0.15) is 5.82 Å². The van der Waals surface area contributed by atoms with Crippen LogP contribution >= 0.6 is 0 Å². The molecule has 19 heavy (non-hydrogen) atoms. The standard InChI is InChI=1S/C14H16N4O/c15-11-3-1-2-8-18-13(19)9-12(17-14(11)18)10-4-6-16-7-5-10/h4-7,9,11H,1-3,8,15H2. The highest BCUT2D eigenvalue weighted by Crippen LogP contribution is 2.22. The average Bonchev–Trinajstić information content (AvgIpc) is 2.63. The molecule has 0 spiro atoms. The van der Waals surface area contributed by atoms with Crippen molar-refractivity contribution in [1.29, 1.82) is 0 Å². The van der Waals surface area contributed by atoms with Gasteiger partial charge in [-0.2, -0.15) is 0 Å². The highest BCUT2D eigenvalue weighted by Gasteiger charge is 2.18. The minimum absolute atomic E-state index is 0.0193. The molecule has 1 unspecified atom stereocenters. The number of nitrogens with two attached hydrogens (primary N) is 1. The van der Waals surface area contributed by atoms with E-state index in [4.69, 9.17) is 5.73 Å². The molecule has 0 saturated heterocycles. The van der Waals surface area contributed by atoms with Gasteiger partial charge in [-0.3, -0.25) is 14.3 Å². The van der Waals surface area contributed by atoms with Crippen molar-refractivity contribution >= 4 is 0 Å². The Morgan fingerprint density at radius 3 is 2.84 bits per heavy atom. The number of hydrogen-bond acceptors (Lipinski definition) is 4. The van der Waals surface area contributed by atoms with E-state index < -0.39 is 0 Å². The highest BCUT2D eigenvalue weighted by molar-refractivity contribution is 5.57. The summed E-state index contributed by atoms with van der Waals surface area (Å²) < 4.78 is 1.71. The number of pyridine rings is 1. The maximum Gasteiger partial charge on any atom is 0.254 e. The number of nitrogens with zero attached hydrogens (tertiary/aromatic N) is 3. The molecule has 5 heteroatoms. The van der Waals surface area contributed by atoms with E-state index in [-0.39, 0.29) is 11.6 Å². The maximum absolute atomic E-state index is 12.2. The van der Waals surface area contributed by atoms with E-state index >= 15 is 0 Å². The zero-order valence-electron chi connectivity index (χ0n) is 10.6. The lowest BCUT2D eigenvalue weighted by atomic mass is 10.1. The summed E-state index contributed by atoms with van der Waals surface area (Å²) in [5.41, 5.74) is 7.68. The topological polar surface area (TPSA) is 73.8 Å². The largest absolute Gasteiger partial charge is 0.321 e. The predicted molar refractivity (Wildman–Crippen MR) is 72.5 cm³/mol. The van der Waals surface area contributed by atoms with E-state index in [9.17, 15) is 4.79 Å². The van der Waals surface area contributed by atoms with Gasteiger partial charge in [-0.1, -0.05) is 0 Å². The molecule has 0 aliphatic carbocycles. The lowest BCUT2D eigenvalue weighted by molar-refractivity contribution is 0.596. The summed E-state index contributed by atoms with van der Waals surface area (Å²) in [5, 5.41) is 0. The van der Waals surface area contributed by atoms with Gasteiger partial charge in [0.05, 0.1) is 11.7 Å². The van der Waals surface area contributed by atoms with Crippen molar-refractivity contribution in [2.45, 2.75) is 31.8 Å². The van der Waals surface area contributed by atoms with Crippen LogP contribution in [0.2, 0.25) is 0 Å². The van der Waals surface area contributed by atoms with Gasteiger partial charge in [0.15, 0.2) is 0 Å². The van der Waals surface area contributed by atoms with Crippen molar-refractivity contribution in [2.24, 2.45) is 5.73 Å². The van der Waals surface area contributed by atoms with Gasteiger partial charge in [-0.15, -0.1) is 0 Å². The van der Waals surface area contributed by atoms with Gasteiger partial charge in [0.2, 0.25) is 0 Å². The Hall–Kier alpha value is -2.01. The minimum Gasteiger partial charge on any atom is -0.321 e. The van der Waals surface area contributed by atoms with E-state index in [2.05, 4.69) is 9.97 Å². The van der Waals surface area contributed by atoms with Crippen molar-refractivity contribution < 1.29 is 0 Å². The number of aromatic nitrogens is 3. The molecule has 0 saturated carbocycles. The van der Waals surface area contributed by atoms with E-state index in [0.29, 0.717) is 18.1 Å². The van der Waals surface area contributed by atoms with Crippen LogP contribution in [0.4, 0.5) is 0 Å². The van der Waals surface area contributed by atoms with Crippen molar-refractivity contribution in [3.05, 3.63) is 46.8 Å². The van der Waals surface area contributed by atoms with Gasteiger partial charge in [0, 0.05) is 30.6 Å². The summed E-state index contributed by atoms with van der Waals surface area (Å²) >= 11 is 0. The molecule has 3 rings (SSSR count). The third-order valence-corrected chi connectivity index (χ3v) is 3.49. The molecule has 2 aromatic rings. The van der Waals surface area contributed by atoms with Crippen molar-refractivity contribution in [3.63, 3.8) is 0 Å². The molecular weight excluding hydrogens is 240 g/mol. The number of fused-ring (bicyclic) bond motifs is 1. The zero-order chi connectivity index (χ0) is 13.2. The fourth-order valence-electron chi connectivity index (χ4n) is 2.47. The minimum atomic E-state index is -0.156. The molecule has 1 aliphatic rings. The van der Waals surface area contributed by atoms with Gasteiger partial charge in [0.25, 0.3) is 5.56 Å². The molecule has 0 fully saturated rings. The van der Waals surface area contributed by atoms with Gasteiger partial charge >= 0.3 is 0 Å². The van der Waals surface area contributed by atoms with Crippen LogP contribution in [0.5, 0.6) is 0 Å². The lowest BCUT2D eigenvalue weighted by Crippen LogP contribution is -2.27. The summed E-state index contributed by atoms with van der Waals surface area (Å²) in [6, 6.07) is 5.12. The normalized spacial score (nSPS) is 18.7. The Labute approximate surface area is 111 Å². The van der Waals surface area contributed by atoms with Crippen molar-refractivity contribution in [2.75, 3.05) is 0 Å². The summed E-state index contributed by atoms with van der Waals surface area (Å²) in [5.74, 6) is 0.705. The van der Waals surface area contributed by atoms with Gasteiger partial charge in [-0.05, 0) is 31.4 Å². The molecular formula is C14H16N4O. The molecule has 2 aromatic heterocycles. The first kappa shape index (κ1) is 12.0. The quantitative estimate of drug-likeness (QED) is 0.839. The third-order valence-electron chi connectivity index (χ3n) is 3.49. The van der Waals surface area contributed by atoms with Gasteiger partial charge in [-0.25, -0.2) is 4.98 Å². The molecule has 1 aliphatic heterocycles. The Morgan fingerprint density at radius 2 is 2.05 bits per heavy atom. The first-order valence-electron chi connectivity index (χ1n) is 6.53. The first-order chi connectivity index (χ1) is 9.25. The first-order valence-corrected chi connectivity index (χ1v) is 6.53. The SMILES string of the molecule is NC1CCCCn2c1nc(-c1ccncc1)cc2=O. The Morgan fingerprint density at radius 1 is 1.26 bits per heavy atom. The van der Waals surface area contributed by atoms with E-state index in [0.717, 1.165) is 24.8 Å². The third kappa shape index (κ3) is 2.29. The maximum atomic E-state index is 12.2. The average molecular weight is 256 g/mol. The van der Waals surface area contributed by atoms with Crippen LogP contribution in [-0.2, 0) is 6.54 Å². The molecule has 1 atom stereocenters. The van der Waals surface area contributed by atoms with Crippen molar-refractivity contribution in [3.8, 4) is 11.3 Å². The molecule has 0 bridgehead atoms. The zero-order valence-corrected chi connectivity index (χ0v) is 10.6. The molecule has 0 amide bonds. The Bertz CT molecular complexity index is 636. The van der Waals surface area contributed by atoms with E-state index in [1.54, 1.807) is 23.0 Å². The second-order valence-corrected chi connectivity index (χ2v) is 4.83. The van der Waals surface area contributed by atoms with Gasteiger partial charge < -0.3 is 5.73 Å². The Kier molecular flexibility index (Phi) is 3.13. The monoisotopic (exact) mass is 256 g/mol. The van der Waals surface area contributed by atoms with Crippen LogP contribution in [0.3, 0.4) is 0 Å². The summed E-state index contributed by atoms with van der Waals surface area (Å²) in [6.07, 6.45) is 6.29. The van der Waals surface area contributed by atoms with Crippen LogP contribution in [0.25, 0.3) is 11.3 Å². The fourth-order valence-corrected chi connectivity index (χ4v) is 2.47. The molecule has 0 radical (unpaired) electrons. The van der Waals surface area contributed by atoms with Crippen LogP contribution in [0.15, 0.2) is 35.4 Å². The van der Waals surface area contributed by atoms with Crippen LogP contribution in [0.1, 0.15) is 31.1 Å². The van der Waals surface area contributed by atoms with Crippen LogP contribution < -0.4 is 11.3 Å². The summed E-state index contributed by atoms with van der Waals surface area (Å²) in [6.45, 7) is 0.714. The van der Waals surface area contributed by atoms with Crippen LogP contribution in [-0.4, -0.2) is 14.5 Å². The molecule has 0 aromatic carbocycles. The number of rotatable bonds is 1. The van der Waals surface area contributed by atoms with Crippen LogP contribution in [0, 0.1) is 0 Å². The second-order valence-electron chi connectivity index (χ2n) is 4.83. The molecule has 2 N–H and O–H groups in total. The Balaban J connectivity index is 2.15. The molecule has 3 heterocycles. The molecule has 98 valence electrons. The lowest BCUT2D eigenvalue weighted by Gasteiger charge is -2.14. The predicted octanol–water partition coefficient (Wildman–Crippen LogP) is 1.49. The van der Waals surface area contributed by atoms with Crippen molar-refractivity contribution in [1.82, 2.24) is 14.5 Å². The molecule has 5 nitrogen and oxygen atoms in total. The summed E-state index contributed by atoms with van der Waals surface area (Å²) in [4.78, 5) is 20.8. The van der Waals surface area contributed by atoms with E-state index in [1.165, 1.54) is 0 Å².